The molecule has 6 heteroatoms. The van der Waals surface area contributed by atoms with E-state index >= 15 is 0 Å². The van der Waals surface area contributed by atoms with E-state index in [1.165, 1.54) is 4.31 Å². The molecular formula is C18H28N2O3S. The van der Waals surface area contributed by atoms with E-state index in [1.54, 1.807) is 18.2 Å². The van der Waals surface area contributed by atoms with Crippen molar-refractivity contribution < 1.29 is 13.2 Å². The van der Waals surface area contributed by atoms with Crippen molar-refractivity contribution in [2.24, 2.45) is 11.8 Å². The molecule has 1 fully saturated rings. The van der Waals surface area contributed by atoms with Crippen LogP contribution >= 0.6 is 0 Å². The van der Waals surface area contributed by atoms with Gasteiger partial charge in [-0.15, -0.1) is 0 Å². The molecule has 0 unspecified atom stereocenters. The number of aryl methyl sites for hydroxylation is 1. The van der Waals surface area contributed by atoms with Crippen LogP contribution in [0.3, 0.4) is 0 Å². The van der Waals surface area contributed by atoms with E-state index < -0.39 is 10.0 Å². The van der Waals surface area contributed by atoms with Gasteiger partial charge in [-0.1, -0.05) is 26.0 Å². The van der Waals surface area contributed by atoms with Crippen LogP contribution in [0.4, 0.5) is 0 Å². The molecule has 1 N–H and O–H groups in total. The fraction of sp³-hybridized carbons (Fsp3) is 0.611. The molecule has 1 saturated heterocycles. The van der Waals surface area contributed by atoms with Gasteiger partial charge in [0, 0.05) is 25.0 Å². The summed E-state index contributed by atoms with van der Waals surface area (Å²) in [7, 11) is -3.47. The summed E-state index contributed by atoms with van der Waals surface area (Å²) in [6.45, 7) is 8.81. The molecule has 134 valence electrons. The number of nitrogens with zero attached hydrogens (tertiary/aromatic N) is 1. The van der Waals surface area contributed by atoms with E-state index in [1.807, 2.05) is 19.9 Å². The van der Waals surface area contributed by atoms with Gasteiger partial charge in [0.2, 0.25) is 15.9 Å². The fourth-order valence-corrected chi connectivity index (χ4v) is 4.37. The van der Waals surface area contributed by atoms with Crippen molar-refractivity contribution in [3.05, 3.63) is 29.8 Å². The summed E-state index contributed by atoms with van der Waals surface area (Å²) in [5.41, 5.74) is 0.924. The van der Waals surface area contributed by atoms with Gasteiger partial charge in [0.1, 0.15) is 0 Å². The molecule has 1 aromatic carbocycles. The van der Waals surface area contributed by atoms with Gasteiger partial charge in [-0.05, 0) is 50.3 Å². The van der Waals surface area contributed by atoms with E-state index in [9.17, 15) is 13.2 Å². The molecular weight excluding hydrogens is 324 g/mol. The SMILES string of the molecule is Cc1cccc(S(=O)(=O)N2CCC(C(=O)N[C@@H](C)C(C)C)CC2)c1. The zero-order chi connectivity index (χ0) is 17.9. The highest BCUT2D eigenvalue weighted by atomic mass is 32.2. The number of rotatable bonds is 5. The lowest BCUT2D eigenvalue weighted by Gasteiger charge is -2.31. The quantitative estimate of drug-likeness (QED) is 0.886. The third kappa shape index (κ3) is 4.36. The maximum atomic E-state index is 12.7. The van der Waals surface area contributed by atoms with Gasteiger partial charge in [-0.3, -0.25) is 4.79 Å². The van der Waals surface area contributed by atoms with Gasteiger partial charge in [-0.25, -0.2) is 8.42 Å². The Balaban J connectivity index is 1.98. The number of piperidine rings is 1. The average molecular weight is 353 g/mol. The van der Waals surface area contributed by atoms with Crippen LogP contribution in [0.5, 0.6) is 0 Å². The second-order valence-corrected chi connectivity index (χ2v) is 8.97. The number of amides is 1. The number of nitrogens with one attached hydrogen (secondary N) is 1. The number of sulfonamides is 1. The van der Waals surface area contributed by atoms with Crippen LogP contribution in [0.2, 0.25) is 0 Å². The summed E-state index contributed by atoms with van der Waals surface area (Å²) in [4.78, 5) is 12.6. The Hall–Kier alpha value is -1.40. The lowest BCUT2D eigenvalue weighted by molar-refractivity contribution is -0.127. The molecule has 0 aromatic heterocycles. The predicted molar refractivity (Wildman–Crippen MR) is 95.1 cm³/mol. The van der Waals surface area contributed by atoms with Gasteiger partial charge in [0.15, 0.2) is 0 Å². The molecule has 1 aromatic rings. The highest BCUT2D eigenvalue weighted by Crippen LogP contribution is 2.24. The number of carbonyl (C=O) groups is 1. The molecule has 0 spiro atoms. The normalized spacial score (nSPS) is 18.5. The molecule has 1 atom stereocenters. The Kier molecular flexibility index (Phi) is 6.04. The first kappa shape index (κ1) is 18.9. The molecule has 0 saturated carbocycles. The summed E-state index contributed by atoms with van der Waals surface area (Å²) in [6, 6.07) is 7.09. The molecule has 5 nitrogen and oxygen atoms in total. The number of carbonyl (C=O) groups excluding carboxylic acids is 1. The number of hydrogen-bond acceptors (Lipinski definition) is 3. The molecule has 24 heavy (non-hydrogen) atoms. The standard InChI is InChI=1S/C18H28N2O3S/c1-13(2)15(4)19-18(21)16-8-10-20(11-9-16)24(22,23)17-7-5-6-14(3)12-17/h5-7,12-13,15-16H,8-11H2,1-4H3,(H,19,21)/t15-/m0/s1. The minimum Gasteiger partial charge on any atom is -0.353 e. The first-order valence-electron chi connectivity index (χ1n) is 8.59. The van der Waals surface area contributed by atoms with Crippen LogP contribution in [0.1, 0.15) is 39.2 Å². The molecule has 0 radical (unpaired) electrons. The van der Waals surface area contributed by atoms with E-state index in [-0.39, 0.29) is 17.9 Å². The zero-order valence-electron chi connectivity index (χ0n) is 15.0. The van der Waals surface area contributed by atoms with E-state index in [0.29, 0.717) is 36.7 Å². The van der Waals surface area contributed by atoms with Crippen LogP contribution in [0.25, 0.3) is 0 Å². The smallest absolute Gasteiger partial charge is 0.243 e. The first-order valence-corrected chi connectivity index (χ1v) is 10.0. The second kappa shape index (κ2) is 7.66. The lowest BCUT2D eigenvalue weighted by atomic mass is 9.96. The fourth-order valence-electron chi connectivity index (χ4n) is 2.79. The van der Waals surface area contributed by atoms with Gasteiger partial charge in [-0.2, -0.15) is 4.31 Å². The highest BCUT2D eigenvalue weighted by Gasteiger charge is 2.32. The molecule has 1 aliphatic rings. The molecule has 1 heterocycles. The zero-order valence-corrected chi connectivity index (χ0v) is 15.8. The Morgan fingerprint density at radius 2 is 1.83 bits per heavy atom. The van der Waals surface area contributed by atoms with Gasteiger partial charge in [0.25, 0.3) is 0 Å². The maximum absolute atomic E-state index is 12.7. The lowest BCUT2D eigenvalue weighted by Crippen LogP contribution is -2.45. The summed E-state index contributed by atoms with van der Waals surface area (Å²) in [5, 5.41) is 3.03. The molecule has 2 rings (SSSR count). The van der Waals surface area contributed by atoms with Crippen LogP contribution in [-0.2, 0) is 14.8 Å². The molecule has 1 amide bonds. The van der Waals surface area contributed by atoms with Crippen molar-refractivity contribution in [2.75, 3.05) is 13.1 Å². The van der Waals surface area contributed by atoms with Crippen LogP contribution in [-0.4, -0.2) is 37.8 Å². The molecule has 0 aliphatic carbocycles. The van der Waals surface area contributed by atoms with Gasteiger partial charge < -0.3 is 5.32 Å². The van der Waals surface area contributed by atoms with Crippen molar-refractivity contribution in [1.29, 1.82) is 0 Å². The summed E-state index contributed by atoms with van der Waals surface area (Å²) >= 11 is 0. The molecule has 1 aliphatic heterocycles. The van der Waals surface area contributed by atoms with Crippen LogP contribution in [0, 0.1) is 18.8 Å². The minimum absolute atomic E-state index is 0.0452. The van der Waals surface area contributed by atoms with Crippen LogP contribution < -0.4 is 5.32 Å². The third-order valence-electron chi connectivity index (χ3n) is 4.82. The van der Waals surface area contributed by atoms with E-state index in [2.05, 4.69) is 19.2 Å². The third-order valence-corrected chi connectivity index (χ3v) is 6.72. The number of benzene rings is 1. The highest BCUT2D eigenvalue weighted by molar-refractivity contribution is 7.89. The van der Waals surface area contributed by atoms with Crippen LogP contribution in [0.15, 0.2) is 29.2 Å². The topological polar surface area (TPSA) is 66.5 Å². The van der Waals surface area contributed by atoms with Gasteiger partial charge >= 0.3 is 0 Å². The van der Waals surface area contributed by atoms with Crippen molar-refractivity contribution in [2.45, 2.75) is 51.5 Å². The van der Waals surface area contributed by atoms with E-state index in [0.717, 1.165) is 5.56 Å². The maximum Gasteiger partial charge on any atom is 0.243 e. The largest absolute Gasteiger partial charge is 0.353 e. The minimum atomic E-state index is -3.47. The van der Waals surface area contributed by atoms with Crippen molar-refractivity contribution in [3.8, 4) is 0 Å². The number of hydrogen-bond donors (Lipinski definition) is 1. The first-order chi connectivity index (χ1) is 11.2. The van der Waals surface area contributed by atoms with Gasteiger partial charge in [0.05, 0.1) is 4.90 Å². The van der Waals surface area contributed by atoms with Crippen molar-refractivity contribution in [3.63, 3.8) is 0 Å². The average Bonchev–Trinajstić information content (AvgIpc) is 2.54. The Labute approximate surface area is 145 Å². The van der Waals surface area contributed by atoms with Crippen molar-refractivity contribution in [1.82, 2.24) is 9.62 Å². The summed E-state index contributed by atoms with van der Waals surface area (Å²) < 4.78 is 26.9. The summed E-state index contributed by atoms with van der Waals surface area (Å²) in [6.07, 6.45) is 1.14. The Bertz CT molecular complexity index is 677. The second-order valence-electron chi connectivity index (χ2n) is 7.04. The Morgan fingerprint density at radius 1 is 1.21 bits per heavy atom. The monoisotopic (exact) mass is 352 g/mol. The Morgan fingerprint density at radius 3 is 2.38 bits per heavy atom. The van der Waals surface area contributed by atoms with Crippen molar-refractivity contribution >= 4 is 15.9 Å². The predicted octanol–water partition coefficient (Wildman–Crippen LogP) is 2.56. The van der Waals surface area contributed by atoms with E-state index in [4.69, 9.17) is 0 Å². The molecule has 0 bridgehead atoms. The summed E-state index contributed by atoms with van der Waals surface area (Å²) in [5.74, 6) is 0.328.